The summed E-state index contributed by atoms with van der Waals surface area (Å²) in [6, 6.07) is 8.14. The van der Waals surface area contributed by atoms with E-state index in [1.54, 1.807) is 19.4 Å². The average Bonchev–Trinajstić information content (AvgIpc) is 3.15. The Morgan fingerprint density at radius 3 is 2.72 bits per heavy atom. The molecule has 0 bridgehead atoms. The lowest BCUT2D eigenvalue weighted by Gasteiger charge is -2.26. The normalized spacial score (nSPS) is 16.6. The molecule has 132 valence electrons. The Labute approximate surface area is 148 Å². The molecule has 0 aliphatic carbocycles. The minimum absolute atomic E-state index is 0.0681. The van der Waals surface area contributed by atoms with E-state index in [1.807, 2.05) is 17.0 Å². The van der Waals surface area contributed by atoms with Gasteiger partial charge in [0.25, 0.3) is 5.91 Å². The maximum atomic E-state index is 13.0. The Hall–Kier alpha value is -2.47. The summed E-state index contributed by atoms with van der Waals surface area (Å²) in [4.78, 5) is 23.2. The number of amides is 1. The summed E-state index contributed by atoms with van der Waals surface area (Å²) in [6.07, 6.45) is 5.29. The van der Waals surface area contributed by atoms with Crippen molar-refractivity contribution in [3.63, 3.8) is 0 Å². The van der Waals surface area contributed by atoms with Gasteiger partial charge in [-0.15, -0.1) is 0 Å². The molecule has 1 atom stereocenters. The molecule has 1 aromatic heterocycles. The third kappa shape index (κ3) is 4.33. The van der Waals surface area contributed by atoms with E-state index >= 15 is 0 Å². The summed E-state index contributed by atoms with van der Waals surface area (Å²) in [6.45, 7) is 3.98. The minimum atomic E-state index is -0.0681. The van der Waals surface area contributed by atoms with Gasteiger partial charge in [0, 0.05) is 39.1 Å². The van der Waals surface area contributed by atoms with Gasteiger partial charge in [0.2, 0.25) is 5.95 Å². The van der Waals surface area contributed by atoms with Crippen molar-refractivity contribution >= 4 is 11.9 Å². The Morgan fingerprint density at radius 1 is 1.32 bits per heavy atom. The second kappa shape index (κ2) is 8.07. The molecule has 1 saturated heterocycles. The number of rotatable bonds is 6. The Balaban J connectivity index is 1.81. The molecule has 0 saturated carbocycles. The highest BCUT2D eigenvalue weighted by atomic mass is 16.5. The lowest BCUT2D eigenvalue weighted by Crippen LogP contribution is -2.37. The largest absolute Gasteiger partial charge is 0.376 e. The molecule has 2 heterocycles. The fourth-order valence-electron chi connectivity index (χ4n) is 3.00. The van der Waals surface area contributed by atoms with Crippen LogP contribution in [0, 0.1) is 6.92 Å². The zero-order chi connectivity index (χ0) is 17.6. The fraction of sp³-hybridized carbons (Fsp3) is 0.421. The van der Waals surface area contributed by atoms with E-state index in [1.165, 1.54) is 5.56 Å². The molecule has 3 rings (SSSR count). The van der Waals surface area contributed by atoms with E-state index in [4.69, 9.17) is 4.74 Å². The van der Waals surface area contributed by atoms with Gasteiger partial charge in [-0.3, -0.25) is 4.79 Å². The Bertz CT molecular complexity index is 712. The van der Waals surface area contributed by atoms with Crippen molar-refractivity contribution in [1.29, 1.82) is 0 Å². The van der Waals surface area contributed by atoms with Crippen LogP contribution in [0.1, 0.15) is 34.3 Å². The lowest BCUT2D eigenvalue weighted by molar-refractivity contribution is 0.0506. The quantitative estimate of drug-likeness (QED) is 0.876. The van der Waals surface area contributed by atoms with Crippen LogP contribution in [-0.2, 0) is 11.3 Å². The number of hydrogen-bond donors (Lipinski definition) is 1. The van der Waals surface area contributed by atoms with Crippen LogP contribution in [0.3, 0.4) is 0 Å². The maximum absolute atomic E-state index is 13.0. The van der Waals surface area contributed by atoms with Crippen LogP contribution in [0.4, 0.5) is 5.95 Å². The van der Waals surface area contributed by atoms with Crippen LogP contribution in [0.2, 0.25) is 0 Å². The zero-order valence-corrected chi connectivity index (χ0v) is 14.7. The zero-order valence-electron chi connectivity index (χ0n) is 14.7. The molecule has 2 aromatic rings. The molecule has 1 amide bonds. The van der Waals surface area contributed by atoms with Gasteiger partial charge in [0.15, 0.2) is 0 Å². The lowest BCUT2D eigenvalue weighted by atomic mass is 10.1. The molecule has 1 fully saturated rings. The van der Waals surface area contributed by atoms with E-state index in [2.05, 4.69) is 34.3 Å². The molecule has 6 nitrogen and oxygen atoms in total. The molecule has 0 radical (unpaired) electrons. The molecule has 1 N–H and O–H groups in total. The molecular weight excluding hydrogens is 316 g/mol. The number of nitrogens with one attached hydrogen (secondary N) is 1. The van der Waals surface area contributed by atoms with Crippen molar-refractivity contribution in [3.05, 3.63) is 53.3 Å². The summed E-state index contributed by atoms with van der Waals surface area (Å²) in [5, 5.41) is 2.86. The second-order valence-corrected chi connectivity index (χ2v) is 6.29. The summed E-state index contributed by atoms with van der Waals surface area (Å²) >= 11 is 0. The van der Waals surface area contributed by atoms with Gasteiger partial charge in [0.05, 0.1) is 11.7 Å². The van der Waals surface area contributed by atoms with Crippen LogP contribution < -0.4 is 5.32 Å². The van der Waals surface area contributed by atoms with Crippen LogP contribution in [0.25, 0.3) is 0 Å². The monoisotopic (exact) mass is 340 g/mol. The summed E-state index contributed by atoms with van der Waals surface area (Å²) in [5.74, 6) is 0.433. The van der Waals surface area contributed by atoms with Crippen molar-refractivity contribution in [2.75, 3.05) is 25.5 Å². The third-order valence-electron chi connectivity index (χ3n) is 4.48. The van der Waals surface area contributed by atoms with Crippen LogP contribution >= 0.6 is 0 Å². The van der Waals surface area contributed by atoms with Crippen molar-refractivity contribution in [2.24, 2.45) is 0 Å². The Kier molecular flexibility index (Phi) is 5.60. The summed E-state index contributed by atoms with van der Waals surface area (Å²) in [5.41, 5.74) is 2.81. The van der Waals surface area contributed by atoms with Gasteiger partial charge >= 0.3 is 0 Å². The predicted octanol–water partition coefficient (Wildman–Crippen LogP) is 2.65. The third-order valence-corrected chi connectivity index (χ3v) is 4.48. The first kappa shape index (κ1) is 17.4. The van der Waals surface area contributed by atoms with Crippen molar-refractivity contribution in [1.82, 2.24) is 14.9 Å². The highest BCUT2D eigenvalue weighted by Gasteiger charge is 2.24. The summed E-state index contributed by atoms with van der Waals surface area (Å²) in [7, 11) is 1.75. The topological polar surface area (TPSA) is 67.4 Å². The standard InChI is InChI=1S/C19H24N4O2/c1-14-6-3-4-7-15(14)12-23(13-17-8-5-9-25-17)18(24)16-10-21-19(20-2)22-11-16/h3-4,6-7,10-11,17H,5,8-9,12-13H2,1-2H3,(H,20,21,22)/t17-/m0/s1. The van der Waals surface area contributed by atoms with Crippen molar-refractivity contribution in [3.8, 4) is 0 Å². The first-order valence-corrected chi connectivity index (χ1v) is 8.62. The van der Waals surface area contributed by atoms with Gasteiger partial charge in [-0.1, -0.05) is 24.3 Å². The predicted molar refractivity (Wildman–Crippen MR) is 96.5 cm³/mol. The average molecular weight is 340 g/mol. The molecule has 1 aliphatic rings. The number of aryl methyl sites for hydroxylation is 1. The molecule has 1 aliphatic heterocycles. The van der Waals surface area contributed by atoms with E-state index < -0.39 is 0 Å². The maximum Gasteiger partial charge on any atom is 0.257 e. The van der Waals surface area contributed by atoms with E-state index in [0.29, 0.717) is 24.6 Å². The molecular formula is C19H24N4O2. The number of nitrogens with zero attached hydrogens (tertiary/aromatic N) is 3. The van der Waals surface area contributed by atoms with Crippen LogP contribution in [0.5, 0.6) is 0 Å². The number of carbonyl (C=O) groups excluding carboxylic acids is 1. The van der Waals surface area contributed by atoms with Gasteiger partial charge in [-0.05, 0) is 30.9 Å². The second-order valence-electron chi connectivity index (χ2n) is 6.29. The van der Waals surface area contributed by atoms with Crippen molar-refractivity contribution in [2.45, 2.75) is 32.4 Å². The first-order valence-electron chi connectivity index (χ1n) is 8.62. The number of carbonyl (C=O) groups is 1. The highest BCUT2D eigenvalue weighted by molar-refractivity contribution is 5.93. The first-order chi connectivity index (χ1) is 12.2. The van der Waals surface area contributed by atoms with Gasteiger partial charge in [0.1, 0.15) is 0 Å². The van der Waals surface area contributed by atoms with Gasteiger partial charge < -0.3 is 15.0 Å². The number of ether oxygens (including phenoxy) is 1. The van der Waals surface area contributed by atoms with Gasteiger partial charge in [-0.25, -0.2) is 9.97 Å². The number of hydrogen-bond acceptors (Lipinski definition) is 5. The Morgan fingerprint density at radius 2 is 2.08 bits per heavy atom. The minimum Gasteiger partial charge on any atom is -0.376 e. The number of aromatic nitrogens is 2. The van der Waals surface area contributed by atoms with Crippen molar-refractivity contribution < 1.29 is 9.53 Å². The van der Waals surface area contributed by atoms with E-state index in [9.17, 15) is 4.79 Å². The molecule has 0 unspecified atom stereocenters. The summed E-state index contributed by atoms with van der Waals surface area (Å²) < 4.78 is 5.74. The van der Waals surface area contributed by atoms with Gasteiger partial charge in [-0.2, -0.15) is 0 Å². The molecule has 0 spiro atoms. The molecule has 6 heteroatoms. The van der Waals surface area contributed by atoms with Crippen LogP contribution in [-0.4, -0.2) is 47.1 Å². The van der Waals surface area contributed by atoms with E-state index in [-0.39, 0.29) is 12.0 Å². The smallest absolute Gasteiger partial charge is 0.257 e. The van der Waals surface area contributed by atoms with Crippen LogP contribution in [0.15, 0.2) is 36.7 Å². The number of benzene rings is 1. The molecule has 1 aromatic carbocycles. The molecule has 25 heavy (non-hydrogen) atoms. The van der Waals surface area contributed by atoms with E-state index in [0.717, 1.165) is 25.0 Å². The fourth-order valence-corrected chi connectivity index (χ4v) is 3.00. The highest BCUT2D eigenvalue weighted by Crippen LogP contribution is 2.18. The SMILES string of the molecule is CNc1ncc(C(=O)N(Cc2ccccc2C)C[C@@H]2CCCO2)cn1. The number of anilines is 1.